The Morgan fingerprint density at radius 1 is 0.320 bits per heavy atom. The summed E-state index contributed by atoms with van der Waals surface area (Å²) < 4.78 is 5.82. The van der Waals surface area contributed by atoms with Crippen molar-refractivity contribution in [3.8, 4) is 0 Å². The number of unbranched alkanes of at least 4 members (excludes halogenated alkanes) is 39. The smallest absolute Gasteiger partial charge is 0.310 e. The quantitative estimate of drug-likeness (QED) is 0.0466. The third kappa shape index (κ3) is 37.4. The van der Waals surface area contributed by atoms with Crippen molar-refractivity contribution in [1.82, 2.24) is 4.90 Å². The van der Waals surface area contributed by atoms with Gasteiger partial charge in [0, 0.05) is 13.0 Å². The molecule has 0 rings (SSSR count). The van der Waals surface area contributed by atoms with Gasteiger partial charge in [0.05, 0.1) is 18.6 Å². The van der Waals surface area contributed by atoms with Crippen molar-refractivity contribution < 1.29 is 24.5 Å². The van der Waals surface area contributed by atoms with Crippen molar-refractivity contribution in [1.29, 1.82) is 0 Å². The highest BCUT2D eigenvalue weighted by Crippen LogP contribution is 2.77. The van der Waals surface area contributed by atoms with Crippen LogP contribution in [0.2, 0.25) is 0 Å². The van der Waals surface area contributed by atoms with Crippen molar-refractivity contribution in [2.45, 2.75) is 476 Å². The zero-order valence-corrected chi connectivity index (χ0v) is 69.2. The number of hydrogen-bond donors (Lipinski definition) is 2. The lowest BCUT2D eigenvalue weighted by Gasteiger charge is -2.74. The third-order valence-electron chi connectivity index (χ3n) is 25.5. The lowest BCUT2D eigenvalue weighted by Crippen LogP contribution is -2.73. The van der Waals surface area contributed by atoms with E-state index in [2.05, 4.69) is 109 Å². The number of rotatable bonds is 76. The van der Waals surface area contributed by atoms with Crippen LogP contribution in [0.1, 0.15) is 476 Å². The van der Waals surface area contributed by atoms with Crippen molar-refractivity contribution in [2.75, 3.05) is 32.8 Å². The van der Waals surface area contributed by atoms with Crippen molar-refractivity contribution in [2.24, 2.45) is 63.6 Å². The van der Waals surface area contributed by atoms with Crippen LogP contribution in [0.15, 0.2) is 0 Å². The Morgan fingerprint density at radius 3 is 0.918 bits per heavy atom. The van der Waals surface area contributed by atoms with E-state index in [-0.39, 0.29) is 41.7 Å². The number of aliphatic carboxylic acids is 1. The van der Waals surface area contributed by atoms with Gasteiger partial charge in [-0.05, 0) is 110 Å². The zero-order chi connectivity index (χ0) is 72.1. The van der Waals surface area contributed by atoms with Gasteiger partial charge in [-0.15, -0.1) is 0 Å². The summed E-state index contributed by atoms with van der Waals surface area (Å²) in [6.45, 7) is 40.6. The van der Waals surface area contributed by atoms with Crippen LogP contribution in [0.3, 0.4) is 0 Å². The van der Waals surface area contributed by atoms with E-state index in [9.17, 15) is 15.0 Å². The minimum atomic E-state index is -0.959. The molecule has 0 aliphatic rings. The SMILES string of the molecule is CCCCCCCCC(C)C(CCCN(CCO)CCCC(=O)OCCCCCCC)C(C(C)CCCCCCCC)(C(C)CCCCCCCC)C(C(C)CCCCCCCC)(C(C)CCCCCCCC)C(C(=O)O)(C(C)CCCCCCCC)C(C)CCCCCCCC. The number of esters is 1. The van der Waals surface area contributed by atoms with Crippen LogP contribution >= 0.6 is 0 Å². The van der Waals surface area contributed by atoms with Crippen LogP contribution in [0, 0.1) is 63.6 Å². The van der Waals surface area contributed by atoms with E-state index in [4.69, 9.17) is 4.74 Å². The standard InChI is InChI=1S/C91H181NO5/c1-16-24-32-40-47-55-65-79(9)86(72-63-74-92(76-77-93)75-64-73-87(94)97-78-62-54-39-31-23-8)89(80(10)66-56-48-41-33-25-17-2,81(11)67-57-49-42-34-26-18-3)91(84(14)70-60-52-45-37-29-21-6,85(15)71-61-53-46-38-30-22-7)90(88(95)96,82(12)68-58-50-43-35-27-19-4)83(13)69-59-51-44-36-28-20-5/h79-86,93H,16-78H2,1-15H3,(H,95,96). The maximum atomic E-state index is 17.1. The second kappa shape index (κ2) is 64.5. The number of ether oxygens (including phenoxy) is 1. The molecule has 6 heteroatoms. The predicted octanol–water partition coefficient (Wildman–Crippen LogP) is 29.7. The summed E-state index contributed by atoms with van der Waals surface area (Å²) in [6.07, 6.45) is 69.9. The van der Waals surface area contributed by atoms with Gasteiger partial charge in [0.25, 0.3) is 0 Å². The first-order chi connectivity index (χ1) is 47.1. The van der Waals surface area contributed by atoms with E-state index in [0.717, 1.165) is 83.7 Å². The summed E-state index contributed by atoms with van der Waals surface area (Å²) in [5, 5.41) is 24.9. The highest BCUT2D eigenvalue weighted by Gasteiger charge is 2.75. The van der Waals surface area contributed by atoms with E-state index in [1.807, 2.05) is 0 Å². The molecule has 0 aromatic heterocycles. The van der Waals surface area contributed by atoms with Crippen LogP contribution in [0.25, 0.3) is 0 Å². The summed E-state index contributed by atoms with van der Waals surface area (Å²) in [4.78, 5) is 32.9. The number of nitrogens with zero attached hydrogens (tertiary/aromatic N) is 1. The minimum absolute atomic E-state index is 0.0226. The van der Waals surface area contributed by atoms with Crippen LogP contribution in [-0.2, 0) is 14.3 Å². The Hall–Kier alpha value is -1.14. The van der Waals surface area contributed by atoms with Crippen molar-refractivity contribution in [3.63, 3.8) is 0 Å². The molecule has 0 bridgehead atoms. The normalized spacial score (nSPS) is 16.5. The molecule has 8 unspecified atom stereocenters. The molecule has 0 aliphatic heterocycles. The fourth-order valence-corrected chi connectivity index (χ4v) is 20.4. The van der Waals surface area contributed by atoms with E-state index in [1.54, 1.807) is 0 Å². The van der Waals surface area contributed by atoms with Crippen LogP contribution < -0.4 is 0 Å². The molecule has 6 nitrogen and oxygen atoms in total. The Morgan fingerprint density at radius 2 is 0.598 bits per heavy atom. The third-order valence-corrected chi connectivity index (χ3v) is 25.5. The fourth-order valence-electron chi connectivity index (χ4n) is 20.4. The second-order valence-electron chi connectivity index (χ2n) is 33.3. The van der Waals surface area contributed by atoms with Gasteiger partial charge in [0.1, 0.15) is 0 Å². The predicted molar refractivity (Wildman–Crippen MR) is 430 cm³/mol. The number of aliphatic hydroxyl groups is 1. The van der Waals surface area contributed by atoms with Crippen molar-refractivity contribution in [3.05, 3.63) is 0 Å². The molecule has 0 aromatic carbocycles. The Labute approximate surface area is 610 Å². The molecule has 0 amide bonds. The van der Waals surface area contributed by atoms with Gasteiger partial charge in [-0.3, -0.25) is 9.59 Å². The number of hydrogen-bond acceptors (Lipinski definition) is 5. The van der Waals surface area contributed by atoms with E-state index in [0.29, 0.717) is 43.2 Å². The van der Waals surface area contributed by atoms with E-state index in [1.165, 1.54) is 295 Å². The van der Waals surface area contributed by atoms with Gasteiger partial charge in [-0.25, -0.2) is 0 Å². The first-order valence-electron chi connectivity index (χ1n) is 44.8. The lowest BCUT2D eigenvalue weighted by molar-refractivity contribution is -0.278. The second-order valence-corrected chi connectivity index (χ2v) is 33.3. The molecule has 2 N–H and O–H groups in total. The average molecular weight is 1370 g/mol. The minimum Gasteiger partial charge on any atom is -0.481 e. The summed E-state index contributed by atoms with van der Waals surface area (Å²) in [6, 6.07) is 0. The van der Waals surface area contributed by atoms with Gasteiger partial charge in [-0.2, -0.15) is 0 Å². The molecule has 0 aromatic rings. The molecule has 97 heavy (non-hydrogen) atoms. The maximum Gasteiger partial charge on any atom is 0.310 e. The van der Waals surface area contributed by atoms with Gasteiger partial charge in [0.2, 0.25) is 0 Å². The molecule has 0 heterocycles. The van der Waals surface area contributed by atoms with Gasteiger partial charge < -0.3 is 19.8 Å². The Balaban J connectivity index is 9.97. The largest absolute Gasteiger partial charge is 0.481 e. The molecule has 8 atom stereocenters. The van der Waals surface area contributed by atoms with Gasteiger partial charge in [0.15, 0.2) is 0 Å². The first-order valence-corrected chi connectivity index (χ1v) is 44.8. The molecular weight excluding hydrogens is 1190 g/mol. The Kier molecular flexibility index (Phi) is 63.7. The lowest BCUT2D eigenvalue weighted by atomic mass is 9.29. The van der Waals surface area contributed by atoms with Crippen LogP contribution in [0.4, 0.5) is 0 Å². The maximum absolute atomic E-state index is 17.1. The van der Waals surface area contributed by atoms with E-state index >= 15 is 4.79 Å². The molecule has 0 fully saturated rings. The van der Waals surface area contributed by atoms with Crippen LogP contribution in [-0.4, -0.2) is 59.9 Å². The van der Waals surface area contributed by atoms with Crippen LogP contribution in [0.5, 0.6) is 0 Å². The number of carbonyl (C=O) groups excluding carboxylic acids is 1. The number of carbonyl (C=O) groups is 2. The molecule has 0 saturated carbocycles. The molecule has 0 aliphatic carbocycles. The Bertz CT molecular complexity index is 1630. The highest BCUT2D eigenvalue weighted by atomic mass is 16.5. The first kappa shape index (κ1) is 95.9. The molecule has 0 spiro atoms. The average Bonchev–Trinajstić information content (AvgIpc) is 0.669. The van der Waals surface area contributed by atoms with Crippen molar-refractivity contribution >= 4 is 11.9 Å². The summed E-state index contributed by atoms with van der Waals surface area (Å²) in [5.41, 5.74) is -1.78. The fraction of sp³-hybridized carbons (Fsp3) is 0.978. The summed E-state index contributed by atoms with van der Waals surface area (Å²) in [5.74, 6) is 1.39. The monoisotopic (exact) mass is 1370 g/mol. The zero-order valence-electron chi connectivity index (χ0n) is 69.2. The molecule has 580 valence electrons. The highest BCUT2D eigenvalue weighted by molar-refractivity contribution is 5.77. The van der Waals surface area contributed by atoms with E-state index < -0.39 is 16.8 Å². The summed E-state index contributed by atoms with van der Waals surface area (Å²) in [7, 11) is 0. The molecule has 0 radical (unpaired) electrons. The molecular formula is C91H181NO5. The van der Waals surface area contributed by atoms with Gasteiger partial charge in [-0.1, -0.05) is 431 Å². The number of carboxylic acids is 1. The number of aliphatic hydroxyl groups excluding tert-OH is 1. The van der Waals surface area contributed by atoms with Gasteiger partial charge >= 0.3 is 11.9 Å². The summed E-state index contributed by atoms with van der Waals surface area (Å²) >= 11 is 0. The molecule has 0 saturated heterocycles. The number of carboxylic acid groups (broad SMARTS) is 1. The topological polar surface area (TPSA) is 87.1 Å².